The van der Waals surface area contributed by atoms with Gasteiger partial charge in [-0.2, -0.15) is 0 Å². The maximum Gasteiger partial charge on any atom is 0.119 e. The monoisotopic (exact) mass is 299 g/mol. The first kappa shape index (κ1) is 16.5. The third-order valence-corrected chi connectivity index (χ3v) is 3.61. The van der Waals surface area contributed by atoms with Gasteiger partial charge in [-0.05, 0) is 55.8 Å². The lowest BCUT2D eigenvalue weighted by Gasteiger charge is -2.11. The molecule has 2 aromatic rings. The van der Waals surface area contributed by atoms with Crippen molar-refractivity contribution in [3.05, 3.63) is 65.2 Å². The standard InChI is InChI=1S/C19H25NO2/c1-20(2)12-13-22-19-5-3-4-17(14-19)9-6-16-7-10-18(15-21)11-8-16/h3-5,7-8,10-11,14,21H,6,9,12-13,15H2,1-2H3. The summed E-state index contributed by atoms with van der Waals surface area (Å²) in [5.41, 5.74) is 3.53. The maximum atomic E-state index is 9.06. The Morgan fingerprint density at radius 1 is 0.909 bits per heavy atom. The molecule has 1 N–H and O–H groups in total. The Labute approximate surface area is 133 Å². The molecule has 0 aromatic heterocycles. The SMILES string of the molecule is CN(C)CCOc1cccc(CCc2ccc(CO)cc2)c1. The van der Waals surface area contributed by atoms with Gasteiger partial charge in [-0.1, -0.05) is 36.4 Å². The van der Waals surface area contributed by atoms with E-state index in [-0.39, 0.29) is 6.61 Å². The Hall–Kier alpha value is -1.84. The predicted octanol–water partition coefficient (Wildman–Crippen LogP) is 2.90. The van der Waals surface area contributed by atoms with Gasteiger partial charge in [0.1, 0.15) is 12.4 Å². The van der Waals surface area contributed by atoms with Crippen molar-refractivity contribution >= 4 is 0 Å². The number of aliphatic hydroxyl groups is 1. The Kier molecular flexibility index (Phi) is 6.44. The summed E-state index contributed by atoms with van der Waals surface area (Å²) < 4.78 is 5.77. The number of ether oxygens (including phenoxy) is 1. The van der Waals surface area contributed by atoms with Crippen LogP contribution >= 0.6 is 0 Å². The molecule has 0 heterocycles. The van der Waals surface area contributed by atoms with Crippen molar-refractivity contribution < 1.29 is 9.84 Å². The summed E-state index contributed by atoms with van der Waals surface area (Å²) in [6.45, 7) is 1.73. The fourth-order valence-corrected chi connectivity index (χ4v) is 2.24. The average Bonchev–Trinajstić information content (AvgIpc) is 2.53. The van der Waals surface area contributed by atoms with Gasteiger partial charge >= 0.3 is 0 Å². The first-order valence-corrected chi connectivity index (χ1v) is 7.72. The lowest BCUT2D eigenvalue weighted by Crippen LogP contribution is -2.19. The summed E-state index contributed by atoms with van der Waals surface area (Å²) in [5.74, 6) is 0.940. The zero-order chi connectivity index (χ0) is 15.8. The van der Waals surface area contributed by atoms with Crippen molar-refractivity contribution in [1.29, 1.82) is 0 Å². The van der Waals surface area contributed by atoms with Crippen molar-refractivity contribution in [3.8, 4) is 5.75 Å². The molecule has 0 bridgehead atoms. The topological polar surface area (TPSA) is 32.7 Å². The summed E-state index contributed by atoms with van der Waals surface area (Å²) in [5, 5.41) is 9.06. The van der Waals surface area contributed by atoms with E-state index in [2.05, 4.69) is 35.2 Å². The van der Waals surface area contributed by atoms with Gasteiger partial charge < -0.3 is 14.7 Å². The molecule has 0 aliphatic rings. The Morgan fingerprint density at radius 3 is 2.27 bits per heavy atom. The van der Waals surface area contributed by atoms with Gasteiger partial charge in [0, 0.05) is 6.54 Å². The number of aliphatic hydroxyl groups excluding tert-OH is 1. The molecule has 0 unspecified atom stereocenters. The van der Waals surface area contributed by atoms with Crippen LogP contribution in [0.3, 0.4) is 0 Å². The zero-order valence-electron chi connectivity index (χ0n) is 13.5. The lowest BCUT2D eigenvalue weighted by atomic mass is 10.0. The molecule has 0 amide bonds. The zero-order valence-corrected chi connectivity index (χ0v) is 13.5. The summed E-state index contributed by atoms with van der Waals surface area (Å²) in [6.07, 6.45) is 1.98. The van der Waals surface area contributed by atoms with Gasteiger partial charge in [-0.25, -0.2) is 0 Å². The van der Waals surface area contributed by atoms with Crippen LogP contribution in [0.5, 0.6) is 5.75 Å². The van der Waals surface area contributed by atoms with Gasteiger partial charge in [-0.3, -0.25) is 0 Å². The van der Waals surface area contributed by atoms with Crippen LogP contribution in [-0.4, -0.2) is 37.3 Å². The summed E-state index contributed by atoms with van der Waals surface area (Å²) in [4.78, 5) is 2.11. The second-order valence-corrected chi connectivity index (χ2v) is 5.77. The van der Waals surface area contributed by atoms with Crippen molar-refractivity contribution in [3.63, 3.8) is 0 Å². The van der Waals surface area contributed by atoms with Gasteiger partial charge in [0.15, 0.2) is 0 Å². The molecule has 118 valence electrons. The number of benzene rings is 2. The highest BCUT2D eigenvalue weighted by atomic mass is 16.5. The normalized spacial score (nSPS) is 10.9. The van der Waals surface area contributed by atoms with Gasteiger partial charge in [0.05, 0.1) is 6.61 Å². The first-order chi connectivity index (χ1) is 10.7. The van der Waals surface area contributed by atoms with Gasteiger partial charge in [0.2, 0.25) is 0 Å². The molecule has 0 atom stereocenters. The highest BCUT2D eigenvalue weighted by molar-refractivity contribution is 5.30. The molecule has 22 heavy (non-hydrogen) atoms. The molecule has 2 rings (SSSR count). The molecule has 0 aliphatic carbocycles. The van der Waals surface area contributed by atoms with Crippen LogP contribution in [0, 0.1) is 0 Å². The highest BCUT2D eigenvalue weighted by Gasteiger charge is 2.00. The fraction of sp³-hybridized carbons (Fsp3) is 0.368. The quantitative estimate of drug-likeness (QED) is 0.813. The molecule has 3 heteroatoms. The second-order valence-electron chi connectivity index (χ2n) is 5.77. The van der Waals surface area contributed by atoms with E-state index in [1.165, 1.54) is 11.1 Å². The van der Waals surface area contributed by atoms with E-state index in [1.807, 2.05) is 32.3 Å². The van der Waals surface area contributed by atoms with Crippen LogP contribution < -0.4 is 4.74 Å². The van der Waals surface area contributed by atoms with Crippen molar-refractivity contribution in [1.82, 2.24) is 4.90 Å². The molecule has 0 spiro atoms. The number of hydrogen-bond donors (Lipinski definition) is 1. The van der Waals surface area contributed by atoms with E-state index in [9.17, 15) is 0 Å². The van der Waals surface area contributed by atoms with Crippen LogP contribution in [0.1, 0.15) is 16.7 Å². The number of aryl methyl sites for hydroxylation is 2. The Morgan fingerprint density at radius 2 is 1.59 bits per heavy atom. The molecule has 0 saturated heterocycles. The lowest BCUT2D eigenvalue weighted by molar-refractivity contribution is 0.261. The largest absolute Gasteiger partial charge is 0.492 e. The third-order valence-electron chi connectivity index (χ3n) is 3.61. The minimum absolute atomic E-state index is 0.104. The van der Waals surface area contributed by atoms with Crippen LogP contribution in [0.4, 0.5) is 0 Å². The van der Waals surface area contributed by atoms with E-state index in [4.69, 9.17) is 9.84 Å². The minimum atomic E-state index is 0.104. The van der Waals surface area contributed by atoms with Crippen LogP contribution in [0.25, 0.3) is 0 Å². The minimum Gasteiger partial charge on any atom is -0.492 e. The predicted molar refractivity (Wildman–Crippen MR) is 90.3 cm³/mol. The molecule has 0 radical (unpaired) electrons. The van der Waals surface area contributed by atoms with Crippen LogP contribution in [0.2, 0.25) is 0 Å². The van der Waals surface area contributed by atoms with Gasteiger partial charge in [0.25, 0.3) is 0 Å². The van der Waals surface area contributed by atoms with E-state index in [0.29, 0.717) is 6.61 Å². The number of nitrogens with zero attached hydrogens (tertiary/aromatic N) is 1. The molecular formula is C19H25NO2. The third kappa shape index (κ3) is 5.51. The molecule has 0 saturated carbocycles. The smallest absolute Gasteiger partial charge is 0.119 e. The van der Waals surface area contributed by atoms with Crippen LogP contribution in [-0.2, 0) is 19.4 Å². The second kappa shape index (κ2) is 8.57. The van der Waals surface area contributed by atoms with Crippen LogP contribution in [0.15, 0.2) is 48.5 Å². The number of likely N-dealkylation sites (N-methyl/N-ethyl adjacent to an activating group) is 1. The van der Waals surface area contributed by atoms with E-state index in [0.717, 1.165) is 30.7 Å². The molecular weight excluding hydrogens is 274 g/mol. The Balaban J connectivity index is 1.86. The highest BCUT2D eigenvalue weighted by Crippen LogP contribution is 2.16. The molecule has 3 nitrogen and oxygen atoms in total. The molecule has 0 fully saturated rings. The maximum absolute atomic E-state index is 9.06. The summed E-state index contributed by atoms with van der Waals surface area (Å²) in [7, 11) is 4.09. The first-order valence-electron chi connectivity index (χ1n) is 7.72. The van der Waals surface area contributed by atoms with E-state index in [1.54, 1.807) is 0 Å². The average molecular weight is 299 g/mol. The van der Waals surface area contributed by atoms with Crippen molar-refractivity contribution in [2.75, 3.05) is 27.2 Å². The Bertz CT molecular complexity index is 564. The van der Waals surface area contributed by atoms with Crippen molar-refractivity contribution in [2.24, 2.45) is 0 Å². The summed E-state index contributed by atoms with van der Waals surface area (Å²) >= 11 is 0. The molecule has 2 aromatic carbocycles. The number of rotatable bonds is 8. The number of hydrogen-bond acceptors (Lipinski definition) is 3. The van der Waals surface area contributed by atoms with Crippen molar-refractivity contribution in [2.45, 2.75) is 19.4 Å². The fourth-order valence-electron chi connectivity index (χ4n) is 2.24. The van der Waals surface area contributed by atoms with Gasteiger partial charge in [-0.15, -0.1) is 0 Å². The molecule has 0 aliphatic heterocycles. The summed E-state index contributed by atoms with van der Waals surface area (Å²) in [6, 6.07) is 16.5. The van der Waals surface area contributed by atoms with E-state index < -0.39 is 0 Å². The van der Waals surface area contributed by atoms with E-state index >= 15 is 0 Å².